The summed E-state index contributed by atoms with van der Waals surface area (Å²) < 4.78 is 6.73. The second-order valence-corrected chi connectivity index (χ2v) is 5.98. The molecule has 0 aliphatic heterocycles. The van der Waals surface area contributed by atoms with Crippen LogP contribution in [0.4, 0.5) is 5.69 Å². The minimum Gasteiger partial charge on any atom is -0.478 e. The van der Waals surface area contributed by atoms with Crippen molar-refractivity contribution in [3.05, 3.63) is 64.5 Å². The van der Waals surface area contributed by atoms with Crippen molar-refractivity contribution in [3.63, 3.8) is 0 Å². The highest BCUT2D eigenvalue weighted by Gasteiger charge is 2.12. The average Bonchev–Trinajstić information content (AvgIpc) is 2.96. The van der Waals surface area contributed by atoms with Gasteiger partial charge in [0, 0.05) is 11.3 Å². The monoisotopic (exact) mass is 369 g/mol. The van der Waals surface area contributed by atoms with Gasteiger partial charge in [0.2, 0.25) is 11.8 Å². The van der Waals surface area contributed by atoms with E-state index in [-0.39, 0.29) is 16.9 Å². The van der Waals surface area contributed by atoms with Gasteiger partial charge < -0.3 is 14.8 Å². The first kappa shape index (κ1) is 17.6. The smallest absolute Gasteiger partial charge is 0.335 e. The summed E-state index contributed by atoms with van der Waals surface area (Å²) in [5.41, 5.74) is 2.33. The van der Waals surface area contributed by atoms with Crippen LogP contribution in [0.2, 0.25) is 0 Å². The molecule has 1 aromatic heterocycles. The van der Waals surface area contributed by atoms with Gasteiger partial charge in [-0.2, -0.15) is 0 Å². The molecule has 0 unspecified atom stereocenters. The maximum atomic E-state index is 12.2. The van der Waals surface area contributed by atoms with Crippen molar-refractivity contribution in [3.8, 4) is 11.5 Å². The second kappa shape index (κ2) is 7.32. The number of carbonyl (C=O) groups excluding carboxylic acids is 1. The maximum absolute atomic E-state index is 12.2. The Kier molecular flexibility index (Phi) is 4.94. The van der Waals surface area contributed by atoms with Gasteiger partial charge in [0.05, 0.1) is 5.56 Å². The standard InChI is InChI=1S/C18H15N3O4S/c1-11-5-7-12(8-6-11)16-20-21(18(26)25-16)10-15(22)19-14-4-2-3-13(9-14)17(23)24/h2-9H,10H2,1H3,(H,19,22)(H,23,24). The van der Waals surface area contributed by atoms with Gasteiger partial charge in [-0.3, -0.25) is 4.79 Å². The van der Waals surface area contributed by atoms with E-state index in [1.807, 2.05) is 31.2 Å². The summed E-state index contributed by atoms with van der Waals surface area (Å²) in [6.07, 6.45) is 0. The van der Waals surface area contributed by atoms with Gasteiger partial charge in [0.1, 0.15) is 6.54 Å². The predicted octanol–water partition coefficient (Wildman–Crippen LogP) is 3.52. The number of aromatic carboxylic acids is 1. The molecule has 0 spiro atoms. The number of hydrogen-bond donors (Lipinski definition) is 2. The zero-order valence-electron chi connectivity index (χ0n) is 13.8. The summed E-state index contributed by atoms with van der Waals surface area (Å²) in [5, 5.41) is 15.8. The number of amides is 1. The first-order chi connectivity index (χ1) is 12.4. The predicted molar refractivity (Wildman–Crippen MR) is 97.5 cm³/mol. The van der Waals surface area contributed by atoms with Crippen LogP contribution < -0.4 is 5.32 Å². The number of nitrogens with one attached hydrogen (secondary N) is 1. The van der Waals surface area contributed by atoms with Crippen LogP contribution in [-0.4, -0.2) is 26.8 Å². The highest BCUT2D eigenvalue weighted by atomic mass is 32.1. The Morgan fingerprint density at radius 2 is 1.96 bits per heavy atom. The van der Waals surface area contributed by atoms with Crippen molar-refractivity contribution in [2.45, 2.75) is 13.5 Å². The molecule has 0 fully saturated rings. The molecule has 2 N–H and O–H groups in total. The number of aryl methyl sites for hydroxylation is 1. The molecule has 0 saturated carbocycles. The third-order valence-electron chi connectivity index (χ3n) is 3.59. The van der Waals surface area contributed by atoms with Crippen molar-refractivity contribution in [1.29, 1.82) is 0 Å². The SMILES string of the molecule is Cc1ccc(-c2nn(CC(=O)Nc3cccc(C(=O)O)c3)c(=S)o2)cc1. The first-order valence-electron chi connectivity index (χ1n) is 7.70. The maximum Gasteiger partial charge on any atom is 0.335 e. The van der Waals surface area contributed by atoms with E-state index in [1.54, 1.807) is 12.1 Å². The molecule has 8 heteroatoms. The zero-order chi connectivity index (χ0) is 18.7. The molecule has 132 valence electrons. The molecule has 0 radical (unpaired) electrons. The number of benzene rings is 2. The lowest BCUT2D eigenvalue weighted by molar-refractivity contribution is -0.117. The van der Waals surface area contributed by atoms with E-state index in [0.29, 0.717) is 11.6 Å². The van der Waals surface area contributed by atoms with Crippen LogP contribution >= 0.6 is 12.2 Å². The molecule has 7 nitrogen and oxygen atoms in total. The quantitative estimate of drug-likeness (QED) is 0.668. The Morgan fingerprint density at radius 3 is 2.65 bits per heavy atom. The molecule has 2 aromatic carbocycles. The molecule has 0 saturated heterocycles. The Morgan fingerprint density at radius 1 is 1.23 bits per heavy atom. The van der Waals surface area contributed by atoms with E-state index in [2.05, 4.69) is 10.4 Å². The average molecular weight is 369 g/mol. The Labute approximate surface area is 153 Å². The lowest BCUT2D eigenvalue weighted by Gasteiger charge is -2.05. The molecule has 0 atom stereocenters. The minimum atomic E-state index is -1.07. The topological polar surface area (TPSA) is 97.4 Å². The zero-order valence-corrected chi connectivity index (χ0v) is 14.6. The third kappa shape index (κ3) is 4.04. The van der Waals surface area contributed by atoms with Crippen LogP contribution in [0, 0.1) is 11.8 Å². The lowest BCUT2D eigenvalue weighted by atomic mass is 10.1. The highest BCUT2D eigenvalue weighted by Crippen LogP contribution is 2.18. The Bertz CT molecular complexity index is 1020. The fourth-order valence-corrected chi connectivity index (χ4v) is 2.47. The molecule has 0 aliphatic carbocycles. The molecule has 3 aromatic rings. The van der Waals surface area contributed by atoms with Gasteiger partial charge in [-0.25, -0.2) is 9.48 Å². The summed E-state index contributed by atoms with van der Waals surface area (Å²) >= 11 is 5.11. The molecule has 3 rings (SSSR count). The molecule has 26 heavy (non-hydrogen) atoms. The Balaban J connectivity index is 1.74. The van der Waals surface area contributed by atoms with Gasteiger partial charge in [-0.1, -0.05) is 23.8 Å². The molecular formula is C18H15N3O4S. The molecule has 1 heterocycles. The summed E-state index contributed by atoms with van der Waals surface area (Å²) in [4.78, 5) is 23.3. The first-order valence-corrected chi connectivity index (χ1v) is 8.11. The van der Waals surface area contributed by atoms with Gasteiger partial charge in [0.15, 0.2) is 0 Å². The number of hydrogen-bond acceptors (Lipinski definition) is 5. The van der Waals surface area contributed by atoms with E-state index in [0.717, 1.165) is 11.1 Å². The van der Waals surface area contributed by atoms with Crippen molar-refractivity contribution in [1.82, 2.24) is 9.78 Å². The van der Waals surface area contributed by atoms with Gasteiger partial charge >= 0.3 is 5.97 Å². The normalized spacial score (nSPS) is 10.5. The van der Waals surface area contributed by atoms with Crippen LogP contribution in [0.3, 0.4) is 0 Å². The number of carboxylic acids is 1. The fraction of sp³-hybridized carbons (Fsp3) is 0.111. The molecule has 0 aliphatic rings. The number of aromatic nitrogens is 2. The molecule has 1 amide bonds. The van der Waals surface area contributed by atoms with E-state index >= 15 is 0 Å². The van der Waals surface area contributed by atoms with Gasteiger partial charge in [0.25, 0.3) is 4.84 Å². The van der Waals surface area contributed by atoms with Crippen molar-refractivity contribution in [2.75, 3.05) is 5.32 Å². The van der Waals surface area contributed by atoms with Crippen molar-refractivity contribution < 1.29 is 19.1 Å². The highest BCUT2D eigenvalue weighted by molar-refractivity contribution is 7.71. The van der Waals surface area contributed by atoms with Crippen LogP contribution in [0.15, 0.2) is 52.9 Å². The van der Waals surface area contributed by atoms with Crippen LogP contribution in [0.25, 0.3) is 11.5 Å². The molecular weight excluding hydrogens is 354 g/mol. The summed E-state index contributed by atoms with van der Waals surface area (Å²) in [6.45, 7) is 1.83. The summed E-state index contributed by atoms with van der Waals surface area (Å²) in [5.74, 6) is -1.13. The van der Waals surface area contributed by atoms with Crippen molar-refractivity contribution >= 4 is 29.8 Å². The van der Waals surface area contributed by atoms with Crippen LogP contribution in [0.5, 0.6) is 0 Å². The fourth-order valence-electron chi connectivity index (χ4n) is 2.29. The second-order valence-electron chi connectivity index (χ2n) is 5.63. The van der Waals surface area contributed by atoms with E-state index in [4.69, 9.17) is 21.7 Å². The minimum absolute atomic E-state index is 0.0787. The van der Waals surface area contributed by atoms with E-state index < -0.39 is 11.9 Å². The largest absolute Gasteiger partial charge is 0.478 e. The molecule has 0 bridgehead atoms. The number of carboxylic acid groups (broad SMARTS) is 1. The number of nitrogens with zero attached hydrogens (tertiary/aromatic N) is 2. The van der Waals surface area contributed by atoms with E-state index in [1.165, 1.54) is 16.8 Å². The summed E-state index contributed by atoms with van der Waals surface area (Å²) in [6, 6.07) is 13.5. The van der Waals surface area contributed by atoms with Crippen LogP contribution in [-0.2, 0) is 11.3 Å². The number of anilines is 1. The van der Waals surface area contributed by atoms with Gasteiger partial charge in [-0.05, 0) is 49.5 Å². The number of rotatable bonds is 5. The van der Waals surface area contributed by atoms with Crippen molar-refractivity contribution in [2.24, 2.45) is 0 Å². The summed E-state index contributed by atoms with van der Waals surface area (Å²) in [7, 11) is 0. The van der Waals surface area contributed by atoms with Crippen LogP contribution in [0.1, 0.15) is 15.9 Å². The third-order valence-corrected chi connectivity index (χ3v) is 3.89. The van der Waals surface area contributed by atoms with E-state index in [9.17, 15) is 9.59 Å². The number of carbonyl (C=O) groups is 2. The lowest BCUT2D eigenvalue weighted by Crippen LogP contribution is -2.19. The Hall–Kier alpha value is -3.26. The van der Waals surface area contributed by atoms with Gasteiger partial charge in [-0.15, -0.1) is 5.10 Å².